The first kappa shape index (κ1) is 19.4. The highest BCUT2D eigenvalue weighted by Crippen LogP contribution is 2.09. The molecule has 0 bridgehead atoms. The largest absolute Gasteiger partial charge is 0.355 e. The van der Waals surface area contributed by atoms with Gasteiger partial charge in [-0.05, 0) is 24.6 Å². The van der Waals surface area contributed by atoms with Gasteiger partial charge in [0, 0.05) is 32.1 Å². The zero-order chi connectivity index (χ0) is 19.1. The fraction of sp³-hybridized carbons (Fsp3) is 0.444. The van der Waals surface area contributed by atoms with Crippen LogP contribution in [0.15, 0.2) is 27.8 Å². The molecule has 0 saturated heterocycles. The van der Waals surface area contributed by atoms with Crippen molar-refractivity contribution in [2.24, 2.45) is 0 Å². The Balaban J connectivity index is 2.19. The van der Waals surface area contributed by atoms with Crippen LogP contribution in [0.4, 0.5) is 0 Å². The Morgan fingerprint density at radius 2 is 1.85 bits per heavy atom. The van der Waals surface area contributed by atoms with Crippen molar-refractivity contribution in [2.45, 2.75) is 39.7 Å². The maximum Gasteiger partial charge on any atom is 0.328 e. The smallest absolute Gasteiger partial charge is 0.328 e. The van der Waals surface area contributed by atoms with Crippen LogP contribution in [-0.2, 0) is 11.3 Å². The summed E-state index contributed by atoms with van der Waals surface area (Å²) in [6, 6.07) is 4.58. The molecule has 140 valence electrons. The lowest BCUT2D eigenvalue weighted by Crippen LogP contribution is -2.35. The summed E-state index contributed by atoms with van der Waals surface area (Å²) in [5.74, 6) is -0.511. The molecule has 0 spiro atoms. The van der Waals surface area contributed by atoms with E-state index in [-0.39, 0.29) is 23.9 Å². The van der Waals surface area contributed by atoms with Gasteiger partial charge in [0.2, 0.25) is 5.91 Å². The van der Waals surface area contributed by atoms with Gasteiger partial charge in [-0.1, -0.05) is 19.8 Å². The van der Waals surface area contributed by atoms with Crippen LogP contribution in [0.5, 0.6) is 0 Å². The molecular weight excluding hydrogens is 336 g/mol. The summed E-state index contributed by atoms with van der Waals surface area (Å²) in [5, 5.41) is 5.61. The maximum atomic E-state index is 12.5. The fourth-order valence-corrected chi connectivity index (χ4v) is 2.64. The normalized spacial score (nSPS) is 10.7. The molecule has 8 nitrogen and oxygen atoms in total. The summed E-state index contributed by atoms with van der Waals surface area (Å²) >= 11 is 0. The predicted molar refractivity (Wildman–Crippen MR) is 99.4 cm³/mol. The Morgan fingerprint density at radius 1 is 1.12 bits per heavy atom. The van der Waals surface area contributed by atoms with Gasteiger partial charge in [0.15, 0.2) is 0 Å². The summed E-state index contributed by atoms with van der Waals surface area (Å²) in [4.78, 5) is 50.3. The van der Waals surface area contributed by atoms with Crippen molar-refractivity contribution in [1.82, 2.24) is 20.2 Å². The summed E-state index contributed by atoms with van der Waals surface area (Å²) in [7, 11) is 0. The second-order valence-corrected chi connectivity index (χ2v) is 6.09. The first-order chi connectivity index (χ1) is 12.4. The average Bonchev–Trinajstić information content (AvgIpc) is 2.60. The Kier molecular flexibility index (Phi) is 6.71. The molecule has 1 aromatic carbocycles. The van der Waals surface area contributed by atoms with E-state index in [0.717, 1.165) is 19.3 Å². The molecule has 0 aliphatic carbocycles. The molecular formula is C18H24N4O4. The van der Waals surface area contributed by atoms with Gasteiger partial charge in [0.25, 0.3) is 11.5 Å². The summed E-state index contributed by atoms with van der Waals surface area (Å²) in [6.07, 6.45) is 2.71. The van der Waals surface area contributed by atoms with Gasteiger partial charge in [-0.2, -0.15) is 0 Å². The van der Waals surface area contributed by atoms with Gasteiger partial charge in [0.05, 0.1) is 10.9 Å². The first-order valence-corrected chi connectivity index (χ1v) is 8.73. The van der Waals surface area contributed by atoms with Gasteiger partial charge < -0.3 is 15.6 Å². The van der Waals surface area contributed by atoms with E-state index in [2.05, 4.69) is 22.5 Å². The highest BCUT2D eigenvalue weighted by molar-refractivity contribution is 5.97. The van der Waals surface area contributed by atoms with Crippen LogP contribution in [0.3, 0.4) is 0 Å². The number of aromatic amines is 1. The van der Waals surface area contributed by atoms with Crippen molar-refractivity contribution in [3.63, 3.8) is 0 Å². The van der Waals surface area contributed by atoms with Gasteiger partial charge in [0.1, 0.15) is 0 Å². The second kappa shape index (κ2) is 8.98. The van der Waals surface area contributed by atoms with Gasteiger partial charge >= 0.3 is 5.69 Å². The Labute approximate surface area is 150 Å². The Bertz CT molecular complexity index is 914. The number of nitrogens with zero attached hydrogens (tertiary/aromatic N) is 1. The highest BCUT2D eigenvalue weighted by atomic mass is 16.2. The van der Waals surface area contributed by atoms with Crippen LogP contribution < -0.4 is 21.9 Å². The van der Waals surface area contributed by atoms with Crippen LogP contribution in [-0.4, -0.2) is 34.5 Å². The molecule has 2 rings (SSSR count). The number of unbranched alkanes of at least 4 members (excludes halogenated alkanes) is 2. The molecule has 0 radical (unpaired) electrons. The third-order valence-electron chi connectivity index (χ3n) is 4.01. The van der Waals surface area contributed by atoms with E-state index < -0.39 is 5.69 Å². The van der Waals surface area contributed by atoms with Crippen LogP contribution in [0.25, 0.3) is 10.9 Å². The van der Waals surface area contributed by atoms with E-state index in [1.54, 1.807) is 12.1 Å². The van der Waals surface area contributed by atoms with E-state index in [9.17, 15) is 19.2 Å². The molecule has 1 aromatic heterocycles. The van der Waals surface area contributed by atoms with Crippen molar-refractivity contribution in [3.05, 3.63) is 44.6 Å². The number of fused-ring (bicyclic) bond motifs is 1. The van der Waals surface area contributed by atoms with Crippen LogP contribution in [0.1, 0.15) is 43.5 Å². The lowest BCUT2D eigenvalue weighted by Gasteiger charge is -2.08. The zero-order valence-electron chi connectivity index (χ0n) is 15.1. The average molecular weight is 360 g/mol. The third-order valence-corrected chi connectivity index (χ3v) is 4.01. The standard InChI is InChI=1S/C18H24N4O4/c1-3-4-5-10-22-17(25)14-7-6-13(11-15(14)21-18(22)26)16(24)20-9-8-19-12(2)23/h6-7,11H,3-5,8-10H2,1-2H3,(H,19,23)(H,20,24)(H,21,26). The lowest BCUT2D eigenvalue weighted by molar-refractivity contribution is -0.118. The fourth-order valence-electron chi connectivity index (χ4n) is 2.64. The van der Waals surface area contributed by atoms with Crippen LogP contribution >= 0.6 is 0 Å². The van der Waals surface area contributed by atoms with Gasteiger partial charge in [-0.3, -0.25) is 19.0 Å². The van der Waals surface area contributed by atoms with Crippen molar-refractivity contribution in [2.75, 3.05) is 13.1 Å². The highest BCUT2D eigenvalue weighted by Gasteiger charge is 2.11. The molecule has 2 aromatic rings. The number of carbonyl (C=O) groups is 2. The monoisotopic (exact) mass is 360 g/mol. The molecule has 8 heteroatoms. The number of H-pyrrole nitrogens is 1. The minimum absolute atomic E-state index is 0.169. The first-order valence-electron chi connectivity index (χ1n) is 8.73. The quantitative estimate of drug-likeness (QED) is 0.603. The molecule has 26 heavy (non-hydrogen) atoms. The Morgan fingerprint density at radius 3 is 2.54 bits per heavy atom. The van der Waals surface area contributed by atoms with E-state index in [1.165, 1.54) is 17.6 Å². The van der Waals surface area contributed by atoms with Gasteiger partial charge in [-0.25, -0.2) is 4.79 Å². The molecule has 3 N–H and O–H groups in total. The zero-order valence-corrected chi connectivity index (χ0v) is 15.1. The van der Waals surface area contributed by atoms with E-state index in [0.29, 0.717) is 29.6 Å². The predicted octanol–water partition coefficient (Wildman–Crippen LogP) is 0.746. The minimum atomic E-state index is -0.471. The topological polar surface area (TPSA) is 113 Å². The number of nitrogens with one attached hydrogen (secondary N) is 3. The lowest BCUT2D eigenvalue weighted by atomic mass is 10.1. The van der Waals surface area contributed by atoms with Crippen molar-refractivity contribution < 1.29 is 9.59 Å². The van der Waals surface area contributed by atoms with E-state index in [4.69, 9.17) is 0 Å². The Hall–Kier alpha value is -2.90. The molecule has 0 aliphatic rings. The molecule has 0 atom stereocenters. The molecule has 1 heterocycles. The van der Waals surface area contributed by atoms with Crippen molar-refractivity contribution in [1.29, 1.82) is 0 Å². The van der Waals surface area contributed by atoms with E-state index in [1.807, 2.05) is 0 Å². The second-order valence-electron chi connectivity index (χ2n) is 6.09. The number of hydrogen-bond acceptors (Lipinski definition) is 4. The van der Waals surface area contributed by atoms with Crippen molar-refractivity contribution in [3.8, 4) is 0 Å². The number of aromatic nitrogens is 2. The minimum Gasteiger partial charge on any atom is -0.355 e. The van der Waals surface area contributed by atoms with Crippen LogP contribution in [0.2, 0.25) is 0 Å². The third kappa shape index (κ3) is 4.81. The van der Waals surface area contributed by atoms with E-state index >= 15 is 0 Å². The maximum absolute atomic E-state index is 12.5. The molecule has 0 saturated carbocycles. The SMILES string of the molecule is CCCCCn1c(=O)[nH]c2cc(C(=O)NCCNC(C)=O)ccc2c1=O. The number of carbonyl (C=O) groups excluding carboxylic acids is 2. The molecule has 2 amide bonds. The summed E-state index contributed by atoms with van der Waals surface area (Å²) < 4.78 is 1.20. The molecule has 0 aliphatic heterocycles. The number of hydrogen-bond donors (Lipinski definition) is 3. The summed E-state index contributed by atoms with van der Waals surface area (Å²) in [6.45, 7) is 4.44. The number of benzene rings is 1. The molecule has 0 unspecified atom stereocenters. The number of amides is 2. The van der Waals surface area contributed by atoms with Gasteiger partial charge in [-0.15, -0.1) is 0 Å². The molecule has 0 fully saturated rings. The summed E-state index contributed by atoms with van der Waals surface area (Å²) in [5.41, 5.74) is -0.153. The van der Waals surface area contributed by atoms with Crippen molar-refractivity contribution >= 4 is 22.7 Å². The van der Waals surface area contributed by atoms with Crippen LogP contribution in [0, 0.1) is 0 Å². The number of rotatable bonds is 8.